The summed E-state index contributed by atoms with van der Waals surface area (Å²) in [7, 11) is 4.02. The van der Waals surface area contributed by atoms with Gasteiger partial charge in [0, 0.05) is 6.54 Å². The molecule has 3 nitrogen and oxygen atoms in total. The highest BCUT2D eigenvalue weighted by Crippen LogP contribution is 2.20. The lowest BCUT2D eigenvalue weighted by molar-refractivity contribution is 0.401. The predicted molar refractivity (Wildman–Crippen MR) is 57.7 cm³/mol. The minimum atomic E-state index is 0.560. The number of hydrogen-bond donors (Lipinski definition) is 1. The van der Waals surface area contributed by atoms with Crippen molar-refractivity contribution in [1.29, 1.82) is 5.26 Å². The number of nitrogens with two attached hydrogens (primary N) is 1. The van der Waals surface area contributed by atoms with Crippen LogP contribution in [0.2, 0.25) is 0 Å². The molecule has 0 atom stereocenters. The fraction of sp³-hybridized carbons (Fsp3) is 0.364. The lowest BCUT2D eigenvalue weighted by atomic mass is 10.0. The van der Waals surface area contributed by atoms with E-state index in [1.54, 1.807) is 6.07 Å². The smallest absolute Gasteiger partial charge is 0.101 e. The SMILES string of the molecule is Cc1c(CN(C)C)ccc(C#N)c1N. The summed E-state index contributed by atoms with van der Waals surface area (Å²) in [5.41, 5.74) is 9.18. The van der Waals surface area contributed by atoms with Crippen molar-refractivity contribution in [3.8, 4) is 6.07 Å². The van der Waals surface area contributed by atoms with E-state index >= 15 is 0 Å². The van der Waals surface area contributed by atoms with E-state index in [1.807, 2.05) is 27.1 Å². The van der Waals surface area contributed by atoms with Crippen molar-refractivity contribution in [2.24, 2.45) is 0 Å². The minimum Gasteiger partial charge on any atom is -0.397 e. The number of nitrogen functional groups attached to an aromatic ring is 1. The van der Waals surface area contributed by atoms with Gasteiger partial charge in [-0.1, -0.05) is 6.07 Å². The molecule has 1 rings (SSSR count). The zero-order chi connectivity index (χ0) is 10.7. The lowest BCUT2D eigenvalue weighted by Gasteiger charge is -2.14. The molecule has 0 aliphatic carbocycles. The van der Waals surface area contributed by atoms with Gasteiger partial charge < -0.3 is 10.6 Å². The average Bonchev–Trinajstić information content (AvgIpc) is 2.13. The largest absolute Gasteiger partial charge is 0.397 e. The Morgan fingerprint density at radius 2 is 2.07 bits per heavy atom. The molecule has 3 heteroatoms. The molecule has 1 aromatic rings. The number of benzene rings is 1. The Hall–Kier alpha value is -1.53. The first kappa shape index (κ1) is 10.6. The molecule has 0 aliphatic heterocycles. The molecule has 0 bridgehead atoms. The summed E-state index contributed by atoms with van der Waals surface area (Å²) in [5, 5.41) is 8.78. The number of rotatable bonds is 2. The zero-order valence-electron chi connectivity index (χ0n) is 8.83. The number of anilines is 1. The zero-order valence-corrected chi connectivity index (χ0v) is 8.83. The maximum Gasteiger partial charge on any atom is 0.101 e. The van der Waals surface area contributed by atoms with Gasteiger partial charge >= 0.3 is 0 Å². The molecule has 0 amide bonds. The molecule has 0 saturated heterocycles. The third-order valence-electron chi connectivity index (χ3n) is 2.23. The van der Waals surface area contributed by atoms with E-state index in [0.717, 1.165) is 12.1 Å². The third kappa shape index (κ3) is 2.04. The Bertz CT molecular complexity index is 375. The summed E-state index contributed by atoms with van der Waals surface area (Å²) in [5.74, 6) is 0. The van der Waals surface area contributed by atoms with Gasteiger partial charge in [-0.15, -0.1) is 0 Å². The highest BCUT2D eigenvalue weighted by Gasteiger charge is 2.06. The monoisotopic (exact) mass is 189 g/mol. The molecule has 0 radical (unpaired) electrons. The fourth-order valence-electron chi connectivity index (χ4n) is 1.38. The second-order valence-electron chi connectivity index (χ2n) is 3.66. The summed E-state index contributed by atoms with van der Waals surface area (Å²) in [6, 6.07) is 5.82. The van der Waals surface area contributed by atoms with Crippen molar-refractivity contribution >= 4 is 5.69 Å². The molecule has 0 aromatic heterocycles. The summed E-state index contributed by atoms with van der Waals surface area (Å²) in [6.45, 7) is 2.80. The van der Waals surface area contributed by atoms with Crippen molar-refractivity contribution in [3.63, 3.8) is 0 Å². The van der Waals surface area contributed by atoms with Crippen LogP contribution in [0.25, 0.3) is 0 Å². The molecule has 0 spiro atoms. The van der Waals surface area contributed by atoms with Crippen LogP contribution in [0.1, 0.15) is 16.7 Å². The van der Waals surface area contributed by atoms with Crippen LogP contribution in [0, 0.1) is 18.3 Å². The Morgan fingerprint density at radius 1 is 1.43 bits per heavy atom. The van der Waals surface area contributed by atoms with E-state index in [4.69, 9.17) is 11.0 Å². The molecule has 0 unspecified atom stereocenters. The summed E-state index contributed by atoms with van der Waals surface area (Å²) in [6.07, 6.45) is 0. The Balaban J connectivity index is 3.12. The number of hydrogen-bond acceptors (Lipinski definition) is 3. The molecule has 1 aromatic carbocycles. The number of nitrogens with zero attached hydrogens (tertiary/aromatic N) is 2. The predicted octanol–water partition coefficient (Wildman–Crippen LogP) is 1.51. The molecule has 2 N–H and O–H groups in total. The quantitative estimate of drug-likeness (QED) is 0.717. The van der Waals surface area contributed by atoms with Crippen molar-refractivity contribution in [2.75, 3.05) is 19.8 Å². The van der Waals surface area contributed by atoms with Gasteiger partial charge in [0.2, 0.25) is 0 Å². The van der Waals surface area contributed by atoms with Gasteiger partial charge in [-0.05, 0) is 38.2 Å². The first-order chi connectivity index (χ1) is 6.56. The highest BCUT2D eigenvalue weighted by atomic mass is 15.0. The van der Waals surface area contributed by atoms with Crippen molar-refractivity contribution in [2.45, 2.75) is 13.5 Å². The Kier molecular flexibility index (Phi) is 3.10. The van der Waals surface area contributed by atoms with Crippen molar-refractivity contribution in [3.05, 3.63) is 28.8 Å². The molecule has 0 fully saturated rings. The molecular weight excluding hydrogens is 174 g/mol. The van der Waals surface area contributed by atoms with Crippen molar-refractivity contribution in [1.82, 2.24) is 4.90 Å². The molecule has 0 heterocycles. The normalized spacial score (nSPS) is 10.2. The van der Waals surface area contributed by atoms with Crippen LogP contribution in [0.3, 0.4) is 0 Å². The second kappa shape index (κ2) is 4.12. The van der Waals surface area contributed by atoms with E-state index in [2.05, 4.69) is 11.0 Å². The van der Waals surface area contributed by atoms with Crippen LogP contribution in [0.5, 0.6) is 0 Å². The van der Waals surface area contributed by atoms with Gasteiger partial charge in [-0.2, -0.15) is 5.26 Å². The van der Waals surface area contributed by atoms with Gasteiger partial charge in [0.05, 0.1) is 11.3 Å². The fourth-order valence-corrected chi connectivity index (χ4v) is 1.38. The molecule has 14 heavy (non-hydrogen) atoms. The minimum absolute atomic E-state index is 0.560. The van der Waals surface area contributed by atoms with Crippen LogP contribution in [0.4, 0.5) is 5.69 Å². The molecule has 0 aliphatic rings. The van der Waals surface area contributed by atoms with E-state index < -0.39 is 0 Å². The molecule has 0 saturated carbocycles. The topological polar surface area (TPSA) is 53.0 Å². The average molecular weight is 189 g/mol. The first-order valence-corrected chi connectivity index (χ1v) is 4.49. The Labute approximate surface area is 84.7 Å². The van der Waals surface area contributed by atoms with Gasteiger partial charge in [-0.25, -0.2) is 0 Å². The van der Waals surface area contributed by atoms with Crippen molar-refractivity contribution < 1.29 is 0 Å². The maximum atomic E-state index is 8.78. The third-order valence-corrected chi connectivity index (χ3v) is 2.23. The van der Waals surface area contributed by atoms with Gasteiger partial charge in [-0.3, -0.25) is 0 Å². The van der Waals surface area contributed by atoms with E-state index in [1.165, 1.54) is 5.56 Å². The molecular formula is C11H15N3. The first-order valence-electron chi connectivity index (χ1n) is 4.49. The Morgan fingerprint density at radius 3 is 2.57 bits per heavy atom. The number of nitriles is 1. The van der Waals surface area contributed by atoms with Gasteiger partial charge in [0.1, 0.15) is 6.07 Å². The second-order valence-corrected chi connectivity index (χ2v) is 3.66. The van der Waals surface area contributed by atoms with Crippen LogP contribution in [-0.2, 0) is 6.54 Å². The van der Waals surface area contributed by atoms with E-state index in [-0.39, 0.29) is 0 Å². The lowest BCUT2D eigenvalue weighted by Crippen LogP contribution is -2.12. The van der Waals surface area contributed by atoms with Gasteiger partial charge in [0.25, 0.3) is 0 Å². The van der Waals surface area contributed by atoms with Crippen LogP contribution in [0.15, 0.2) is 12.1 Å². The summed E-state index contributed by atoms with van der Waals surface area (Å²) < 4.78 is 0. The van der Waals surface area contributed by atoms with E-state index in [9.17, 15) is 0 Å². The van der Waals surface area contributed by atoms with Gasteiger partial charge in [0.15, 0.2) is 0 Å². The van der Waals surface area contributed by atoms with E-state index in [0.29, 0.717) is 11.3 Å². The summed E-state index contributed by atoms with van der Waals surface area (Å²) >= 11 is 0. The summed E-state index contributed by atoms with van der Waals surface area (Å²) in [4.78, 5) is 2.08. The van der Waals surface area contributed by atoms with Crippen LogP contribution in [-0.4, -0.2) is 19.0 Å². The standard InChI is InChI=1S/C11H15N3/c1-8-10(7-14(2)3)5-4-9(6-12)11(8)13/h4-5H,7,13H2,1-3H3. The van der Waals surface area contributed by atoms with Crippen LogP contribution < -0.4 is 5.73 Å². The van der Waals surface area contributed by atoms with Crippen LogP contribution >= 0.6 is 0 Å². The molecule has 74 valence electrons. The maximum absolute atomic E-state index is 8.78. The highest BCUT2D eigenvalue weighted by molar-refractivity contribution is 5.61.